The summed E-state index contributed by atoms with van der Waals surface area (Å²) in [7, 11) is 0. The van der Waals surface area contributed by atoms with Gasteiger partial charge in [-0.15, -0.1) is 0 Å². The minimum Gasteiger partial charge on any atom is -0.382 e. The number of benzene rings is 2. The summed E-state index contributed by atoms with van der Waals surface area (Å²) in [6.07, 6.45) is 6.15. The maximum Gasteiger partial charge on any atom is 0.220 e. The zero-order valence-electron chi connectivity index (χ0n) is 22.2. The number of imidazole rings is 1. The smallest absolute Gasteiger partial charge is 0.220 e. The fraction of sp³-hybridized carbons (Fsp3) is 0.276. The highest BCUT2D eigenvalue weighted by atomic mass is 19.1. The summed E-state index contributed by atoms with van der Waals surface area (Å²) in [4.78, 5) is 19.2. The average molecular weight is 574 g/mol. The van der Waals surface area contributed by atoms with Gasteiger partial charge in [0.05, 0.1) is 30.0 Å². The molecule has 4 atom stereocenters. The fourth-order valence-corrected chi connectivity index (χ4v) is 6.33. The van der Waals surface area contributed by atoms with E-state index in [0.29, 0.717) is 24.5 Å². The summed E-state index contributed by atoms with van der Waals surface area (Å²) in [5.41, 5.74) is 7.00. The Balaban J connectivity index is 1.16. The lowest BCUT2D eigenvalue weighted by Crippen LogP contribution is -2.45. The maximum absolute atomic E-state index is 14.9. The predicted molar refractivity (Wildman–Crippen MR) is 146 cm³/mol. The van der Waals surface area contributed by atoms with E-state index in [9.17, 15) is 18.3 Å². The van der Waals surface area contributed by atoms with Gasteiger partial charge < -0.3 is 15.4 Å². The molecule has 1 aliphatic carbocycles. The van der Waals surface area contributed by atoms with Crippen LogP contribution in [0.5, 0.6) is 0 Å². The fourth-order valence-electron chi connectivity index (χ4n) is 6.33. The van der Waals surface area contributed by atoms with Crippen molar-refractivity contribution in [2.24, 2.45) is 11.8 Å². The van der Waals surface area contributed by atoms with Crippen LogP contribution < -0.4 is 5.73 Å². The van der Waals surface area contributed by atoms with E-state index in [0.717, 1.165) is 23.4 Å². The van der Waals surface area contributed by atoms with Gasteiger partial charge in [-0.2, -0.15) is 5.10 Å². The molecule has 5 aromatic rings. The Hall–Kier alpha value is -4.62. The van der Waals surface area contributed by atoms with Crippen LogP contribution in [0.4, 0.5) is 19.1 Å². The van der Waals surface area contributed by atoms with Crippen LogP contribution in [0.15, 0.2) is 73.7 Å². The standard InChI is InChI=1S/C29H26F3N9O/c30-18-3-1-17(2-4-18)25-27(24-7-8-35-28(33)38-24)41(16-36-25)26-20-10-39(11-21(20)26)12-29(42,13-40-15-34-14-37-40)22-6-5-19(31)9-23(22)32/h1-9,14-16,20-21,26,42H,10-13H2,(H2,33,35,38)/t20-,21+,26?,29-/m1/s1. The Morgan fingerprint density at radius 1 is 0.929 bits per heavy atom. The summed E-state index contributed by atoms with van der Waals surface area (Å²) >= 11 is 0. The van der Waals surface area contributed by atoms with Gasteiger partial charge >= 0.3 is 0 Å². The van der Waals surface area contributed by atoms with E-state index in [4.69, 9.17) is 5.73 Å². The number of halogens is 3. The number of aromatic nitrogens is 7. The van der Waals surface area contributed by atoms with Crippen LogP contribution >= 0.6 is 0 Å². The zero-order valence-corrected chi connectivity index (χ0v) is 22.2. The van der Waals surface area contributed by atoms with Gasteiger partial charge in [0.1, 0.15) is 35.7 Å². The first-order chi connectivity index (χ1) is 20.3. The molecule has 7 rings (SSSR count). The average Bonchev–Trinajstić information content (AvgIpc) is 3.42. The molecular formula is C29H26F3N9O. The molecule has 1 saturated heterocycles. The molecule has 0 amide bonds. The number of piperidine rings is 1. The van der Waals surface area contributed by atoms with Crippen LogP contribution in [-0.4, -0.2) is 63.9 Å². The summed E-state index contributed by atoms with van der Waals surface area (Å²) in [5.74, 6) is -1.26. The third-order valence-corrected chi connectivity index (χ3v) is 8.18. The Morgan fingerprint density at radius 3 is 2.38 bits per heavy atom. The normalized spacial score (nSPS) is 21.3. The van der Waals surface area contributed by atoms with E-state index < -0.39 is 17.2 Å². The number of rotatable bonds is 8. The van der Waals surface area contributed by atoms with Crippen molar-refractivity contribution in [1.29, 1.82) is 0 Å². The van der Waals surface area contributed by atoms with Crippen molar-refractivity contribution in [3.8, 4) is 22.6 Å². The number of β-amino-alcohol motifs (C(OH)–C–C–N with tert-alkyl or cyclic N) is 1. The van der Waals surface area contributed by atoms with Crippen molar-refractivity contribution >= 4 is 5.95 Å². The molecule has 3 aromatic heterocycles. The van der Waals surface area contributed by atoms with Gasteiger partial charge in [-0.1, -0.05) is 6.07 Å². The first-order valence-electron chi connectivity index (χ1n) is 13.4. The number of hydrogen-bond donors (Lipinski definition) is 2. The first-order valence-corrected chi connectivity index (χ1v) is 13.4. The third-order valence-electron chi connectivity index (χ3n) is 8.18. The number of likely N-dealkylation sites (tertiary alicyclic amines) is 1. The van der Waals surface area contributed by atoms with E-state index in [-0.39, 0.29) is 48.3 Å². The summed E-state index contributed by atoms with van der Waals surface area (Å²) in [6.45, 7) is 1.36. The van der Waals surface area contributed by atoms with Gasteiger partial charge in [0.2, 0.25) is 5.95 Å². The number of nitrogens with two attached hydrogens (primary N) is 1. The van der Waals surface area contributed by atoms with E-state index in [1.54, 1.807) is 30.7 Å². The molecule has 4 heterocycles. The van der Waals surface area contributed by atoms with Crippen LogP contribution in [0.2, 0.25) is 0 Å². The Labute approximate surface area is 238 Å². The molecule has 2 aromatic carbocycles. The van der Waals surface area contributed by atoms with Gasteiger partial charge in [0.25, 0.3) is 0 Å². The molecule has 42 heavy (non-hydrogen) atoms. The number of fused-ring (bicyclic) bond motifs is 1. The lowest BCUT2D eigenvalue weighted by Gasteiger charge is -2.34. The highest BCUT2D eigenvalue weighted by Crippen LogP contribution is 2.57. The minimum atomic E-state index is -1.67. The first kappa shape index (κ1) is 26.3. The second-order valence-corrected chi connectivity index (χ2v) is 10.9. The third kappa shape index (κ3) is 4.69. The number of nitrogen functional groups attached to an aromatic ring is 1. The molecule has 1 aliphatic heterocycles. The highest BCUT2D eigenvalue weighted by Gasteiger charge is 2.58. The molecular weight excluding hydrogens is 547 g/mol. The van der Waals surface area contributed by atoms with Crippen molar-refractivity contribution in [3.63, 3.8) is 0 Å². The second-order valence-electron chi connectivity index (χ2n) is 10.9. The van der Waals surface area contributed by atoms with E-state index in [1.165, 1.54) is 35.5 Å². The van der Waals surface area contributed by atoms with Crippen molar-refractivity contribution in [2.75, 3.05) is 25.4 Å². The van der Waals surface area contributed by atoms with Crippen LogP contribution in [-0.2, 0) is 12.1 Å². The number of hydrogen-bond acceptors (Lipinski definition) is 8. The van der Waals surface area contributed by atoms with Crippen LogP contribution in [0.3, 0.4) is 0 Å². The second kappa shape index (κ2) is 10.0. The molecule has 1 saturated carbocycles. The van der Waals surface area contributed by atoms with Crippen LogP contribution in [0.1, 0.15) is 11.6 Å². The van der Waals surface area contributed by atoms with Gasteiger partial charge in [0, 0.05) is 49.1 Å². The maximum atomic E-state index is 14.9. The lowest BCUT2D eigenvalue weighted by molar-refractivity contribution is -0.0196. The summed E-state index contributed by atoms with van der Waals surface area (Å²) in [5, 5.41) is 15.9. The van der Waals surface area contributed by atoms with Crippen LogP contribution in [0, 0.1) is 29.3 Å². The van der Waals surface area contributed by atoms with Gasteiger partial charge in [0.15, 0.2) is 0 Å². The molecule has 0 spiro atoms. The topological polar surface area (TPSA) is 124 Å². The van der Waals surface area contributed by atoms with Crippen molar-refractivity contribution in [2.45, 2.75) is 18.2 Å². The Kier molecular flexibility index (Phi) is 6.28. The minimum absolute atomic E-state index is 0.00120. The van der Waals surface area contributed by atoms with Crippen molar-refractivity contribution in [1.82, 2.24) is 39.2 Å². The molecule has 214 valence electrons. The molecule has 0 radical (unpaired) electrons. The quantitative estimate of drug-likeness (QED) is 0.290. The molecule has 0 bridgehead atoms. The van der Waals surface area contributed by atoms with Crippen LogP contribution in [0.25, 0.3) is 22.6 Å². The largest absolute Gasteiger partial charge is 0.382 e. The molecule has 1 unspecified atom stereocenters. The van der Waals surface area contributed by atoms with Crippen molar-refractivity contribution in [3.05, 3.63) is 96.7 Å². The number of anilines is 1. The molecule has 3 N–H and O–H groups in total. The Morgan fingerprint density at radius 2 is 1.69 bits per heavy atom. The number of nitrogens with zero attached hydrogens (tertiary/aromatic N) is 8. The van der Waals surface area contributed by atoms with E-state index >= 15 is 0 Å². The van der Waals surface area contributed by atoms with Crippen molar-refractivity contribution < 1.29 is 18.3 Å². The van der Waals surface area contributed by atoms with Gasteiger partial charge in [-0.3, -0.25) is 4.90 Å². The van der Waals surface area contributed by atoms with E-state index in [1.807, 2.05) is 0 Å². The molecule has 13 heteroatoms. The van der Waals surface area contributed by atoms with Gasteiger partial charge in [-0.25, -0.2) is 37.8 Å². The predicted octanol–water partition coefficient (Wildman–Crippen LogP) is 3.29. The summed E-state index contributed by atoms with van der Waals surface area (Å²) < 4.78 is 45.8. The molecule has 2 fully saturated rings. The zero-order chi connectivity index (χ0) is 29.0. The molecule has 10 nitrogen and oxygen atoms in total. The van der Waals surface area contributed by atoms with Gasteiger partial charge in [-0.05, 0) is 48.2 Å². The monoisotopic (exact) mass is 573 g/mol. The lowest BCUT2D eigenvalue weighted by atomic mass is 9.92. The molecule has 2 aliphatic rings. The highest BCUT2D eigenvalue weighted by molar-refractivity contribution is 5.77. The SMILES string of the molecule is Nc1nccc(-c2c(-c3ccc(F)cc3)ncn2C2[C@H]3CN(C[C@@](O)(Cn4cncn4)c4ccc(F)cc4F)C[C@@H]23)n1. The Bertz CT molecular complexity index is 1730. The summed E-state index contributed by atoms with van der Waals surface area (Å²) in [6, 6.07) is 11.2. The number of aliphatic hydroxyl groups is 1. The van der Waals surface area contributed by atoms with E-state index in [2.05, 4.69) is 34.5 Å².